The zero-order valence-electron chi connectivity index (χ0n) is 11.7. The number of nitrogens with zero attached hydrogens (tertiary/aromatic N) is 5. The van der Waals surface area contributed by atoms with Crippen LogP contribution in [0.3, 0.4) is 0 Å². The Morgan fingerprint density at radius 1 is 1.36 bits per heavy atom. The van der Waals surface area contributed by atoms with Crippen LogP contribution in [-0.2, 0) is 11.3 Å². The molecule has 0 N–H and O–H groups in total. The Bertz CT molecular complexity index is 894. The molecule has 0 fully saturated rings. The van der Waals surface area contributed by atoms with Crippen molar-refractivity contribution in [2.45, 2.75) is 13.5 Å². The van der Waals surface area contributed by atoms with Gasteiger partial charge in [-0.1, -0.05) is 18.2 Å². The summed E-state index contributed by atoms with van der Waals surface area (Å²) in [4.78, 5) is 20.1. The average Bonchev–Trinajstić information content (AvgIpc) is 2.98. The van der Waals surface area contributed by atoms with E-state index >= 15 is 0 Å². The summed E-state index contributed by atoms with van der Waals surface area (Å²) in [6, 6.07) is 10.7. The van der Waals surface area contributed by atoms with Crippen molar-refractivity contribution in [1.82, 2.24) is 19.6 Å². The number of carbonyl (C=O) groups is 1. The highest BCUT2D eigenvalue weighted by molar-refractivity contribution is 5.85. The van der Waals surface area contributed by atoms with Gasteiger partial charge in [0.15, 0.2) is 0 Å². The smallest absolute Gasteiger partial charge is 0.378 e. The summed E-state index contributed by atoms with van der Waals surface area (Å²) in [6.45, 7) is 1.83. The number of nitriles is 1. The molecule has 1 aromatic carbocycles. The first-order valence-electron chi connectivity index (χ1n) is 6.52. The second-order valence-corrected chi connectivity index (χ2v) is 4.58. The molecule has 108 valence electrons. The molecule has 22 heavy (non-hydrogen) atoms. The first-order valence-corrected chi connectivity index (χ1v) is 6.52. The second kappa shape index (κ2) is 5.61. The van der Waals surface area contributed by atoms with Crippen LogP contribution in [0.1, 0.15) is 27.4 Å². The minimum absolute atomic E-state index is 0.00940. The number of aryl methyl sites for hydroxylation is 1. The van der Waals surface area contributed by atoms with Crippen LogP contribution in [0.25, 0.3) is 5.78 Å². The van der Waals surface area contributed by atoms with Gasteiger partial charge in [0.2, 0.25) is 0 Å². The quantitative estimate of drug-likeness (QED) is 0.682. The maximum absolute atomic E-state index is 12.0. The summed E-state index contributed by atoms with van der Waals surface area (Å²) in [7, 11) is 0. The van der Waals surface area contributed by atoms with Gasteiger partial charge in [0.1, 0.15) is 6.61 Å². The summed E-state index contributed by atoms with van der Waals surface area (Å²) in [6.07, 6.45) is 1.59. The SMILES string of the molecule is Cc1ccnc2nc(C(=O)OCc3ccccc3C#N)nn12. The van der Waals surface area contributed by atoms with E-state index in [2.05, 4.69) is 21.1 Å². The maximum Gasteiger partial charge on any atom is 0.378 e. The van der Waals surface area contributed by atoms with Gasteiger partial charge in [0.25, 0.3) is 11.6 Å². The van der Waals surface area contributed by atoms with Gasteiger partial charge in [-0.15, -0.1) is 5.10 Å². The molecule has 0 saturated heterocycles. The van der Waals surface area contributed by atoms with E-state index in [1.807, 2.05) is 6.92 Å². The number of aromatic nitrogens is 4. The molecule has 0 radical (unpaired) electrons. The fourth-order valence-electron chi connectivity index (χ4n) is 1.96. The van der Waals surface area contributed by atoms with Crippen molar-refractivity contribution in [1.29, 1.82) is 5.26 Å². The lowest BCUT2D eigenvalue weighted by molar-refractivity contribution is 0.0458. The van der Waals surface area contributed by atoms with E-state index in [9.17, 15) is 4.79 Å². The van der Waals surface area contributed by atoms with Crippen LogP contribution in [0.5, 0.6) is 0 Å². The largest absolute Gasteiger partial charge is 0.455 e. The van der Waals surface area contributed by atoms with Crippen LogP contribution in [-0.4, -0.2) is 25.6 Å². The first kappa shape index (κ1) is 13.7. The molecule has 7 nitrogen and oxygen atoms in total. The maximum atomic E-state index is 12.0. The molecule has 3 aromatic rings. The Labute approximate surface area is 125 Å². The van der Waals surface area contributed by atoms with Gasteiger partial charge in [-0.05, 0) is 19.1 Å². The Balaban J connectivity index is 1.79. The van der Waals surface area contributed by atoms with E-state index in [1.54, 1.807) is 36.5 Å². The van der Waals surface area contributed by atoms with Crippen molar-refractivity contribution in [3.05, 3.63) is 59.2 Å². The van der Waals surface area contributed by atoms with E-state index in [-0.39, 0.29) is 12.4 Å². The third-order valence-corrected chi connectivity index (χ3v) is 3.11. The third-order valence-electron chi connectivity index (χ3n) is 3.11. The van der Waals surface area contributed by atoms with Gasteiger partial charge in [-0.3, -0.25) is 0 Å². The van der Waals surface area contributed by atoms with Gasteiger partial charge in [-0.2, -0.15) is 10.2 Å². The standard InChI is InChI=1S/C15H11N5O2/c1-10-6-7-17-15-18-13(19-20(10)15)14(21)22-9-12-5-3-2-4-11(12)8-16/h2-7H,9H2,1H3. The number of benzene rings is 1. The van der Waals surface area contributed by atoms with Crippen molar-refractivity contribution in [3.63, 3.8) is 0 Å². The molecule has 0 saturated carbocycles. The number of fused-ring (bicyclic) bond motifs is 1. The molecule has 0 bridgehead atoms. The lowest BCUT2D eigenvalue weighted by atomic mass is 10.1. The van der Waals surface area contributed by atoms with Crippen molar-refractivity contribution in [2.75, 3.05) is 0 Å². The summed E-state index contributed by atoms with van der Waals surface area (Å²) in [5.74, 6) is -0.377. The minimum atomic E-state index is -0.655. The first-order chi connectivity index (χ1) is 10.7. The van der Waals surface area contributed by atoms with Gasteiger partial charge in [-0.25, -0.2) is 14.3 Å². The number of carbonyl (C=O) groups excluding carboxylic acids is 1. The van der Waals surface area contributed by atoms with Gasteiger partial charge in [0.05, 0.1) is 11.6 Å². The number of hydrogen-bond donors (Lipinski definition) is 0. The van der Waals surface area contributed by atoms with E-state index in [0.29, 0.717) is 16.9 Å². The van der Waals surface area contributed by atoms with Crippen molar-refractivity contribution >= 4 is 11.7 Å². The average molecular weight is 293 g/mol. The van der Waals surface area contributed by atoms with Gasteiger partial charge < -0.3 is 4.74 Å². The molecule has 0 spiro atoms. The Morgan fingerprint density at radius 3 is 2.95 bits per heavy atom. The monoisotopic (exact) mass is 293 g/mol. The molecule has 0 amide bonds. The molecule has 3 rings (SSSR count). The molecular weight excluding hydrogens is 282 g/mol. The van der Waals surface area contributed by atoms with Crippen molar-refractivity contribution in [3.8, 4) is 6.07 Å². The minimum Gasteiger partial charge on any atom is -0.455 e. The van der Waals surface area contributed by atoms with E-state index in [0.717, 1.165) is 5.69 Å². The number of ether oxygens (including phenoxy) is 1. The molecular formula is C15H11N5O2. The zero-order chi connectivity index (χ0) is 15.5. The summed E-state index contributed by atoms with van der Waals surface area (Å²) in [5.41, 5.74) is 1.92. The predicted octanol–water partition coefficient (Wildman–Crippen LogP) is 1.66. The van der Waals surface area contributed by atoms with Crippen LogP contribution in [0.2, 0.25) is 0 Å². The second-order valence-electron chi connectivity index (χ2n) is 4.58. The summed E-state index contributed by atoms with van der Waals surface area (Å²) >= 11 is 0. The Kier molecular flexibility index (Phi) is 3.50. The normalized spacial score (nSPS) is 10.4. The van der Waals surface area contributed by atoms with E-state index in [1.165, 1.54) is 4.52 Å². The molecule has 0 aliphatic carbocycles. The van der Waals surface area contributed by atoms with Crippen molar-refractivity contribution in [2.24, 2.45) is 0 Å². The van der Waals surface area contributed by atoms with Crippen molar-refractivity contribution < 1.29 is 9.53 Å². The molecule has 0 aliphatic heterocycles. The van der Waals surface area contributed by atoms with Crippen LogP contribution >= 0.6 is 0 Å². The Hall–Kier alpha value is -3.27. The zero-order valence-corrected chi connectivity index (χ0v) is 11.7. The third kappa shape index (κ3) is 2.50. The van der Waals surface area contributed by atoms with E-state index < -0.39 is 5.97 Å². The topological polar surface area (TPSA) is 93.2 Å². The number of hydrogen-bond acceptors (Lipinski definition) is 6. The molecule has 0 atom stereocenters. The fraction of sp³-hybridized carbons (Fsp3) is 0.133. The highest BCUT2D eigenvalue weighted by Gasteiger charge is 2.16. The van der Waals surface area contributed by atoms with Crippen LogP contribution in [0, 0.1) is 18.3 Å². The molecule has 2 heterocycles. The summed E-state index contributed by atoms with van der Waals surface area (Å²) in [5, 5.41) is 13.1. The van der Waals surface area contributed by atoms with Gasteiger partial charge >= 0.3 is 5.97 Å². The fourth-order valence-corrected chi connectivity index (χ4v) is 1.96. The lowest BCUT2D eigenvalue weighted by Gasteiger charge is -2.03. The predicted molar refractivity (Wildman–Crippen MR) is 75.8 cm³/mol. The lowest BCUT2D eigenvalue weighted by Crippen LogP contribution is -2.08. The Morgan fingerprint density at radius 2 is 2.18 bits per heavy atom. The molecule has 0 aliphatic rings. The number of rotatable bonds is 3. The molecule has 0 unspecified atom stereocenters. The highest BCUT2D eigenvalue weighted by Crippen LogP contribution is 2.10. The van der Waals surface area contributed by atoms with E-state index in [4.69, 9.17) is 10.00 Å². The van der Waals surface area contributed by atoms with Crippen LogP contribution < -0.4 is 0 Å². The van der Waals surface area contributed by atoms with Crippen LogP contribution in [0.15, 0.2) is 36.5 Å². The van der Waals surface area contributed by atoms with Crippen LogP contribution in [0.4, 0.5) is 0 Å². The molecule has 7 heteroatoms. The highest BCUT2D eigenvalue weighted by atomic mass is 16.5. The summed E-state index contributed by atoms with van der Waals surface area (Å²) < 4.78 is 6.64. The molecule has 2 aromatic heterocycles. The number of esters is 1. The van der Waals surface area contributed by atoms with Gasteiger partial charge in [0, 0.05) is 17.5 Å².